The molecule has 0 saturated heterocycles. The molecule has 0 saturated carbocycles. The van der Waals surface area contributed by atoms with Crippen LogP contribution in [0.4, 0.5) is 0 Å². The first-order chi connectivity index (χ1) is 7.74. The Bertz CT molecular complexity index is 504. The SMILES string of the molecule is CCCC(C(=O)O)c1nccc2occc12. The number of aromatic nitrogens is 1. The molecule has 0 spiro atoms. The molecule has 0 aromatic carbocycles. The van der Waals surface area contributed by atoms with Gasteiger partial charge in [-0.05, 0) is 18.6 Å². The fourth-order valence-electron chi connectivity index (χ4n) is 1.86. The van der Waals surface area contributed by atoms with Gasteiger partial charge in [-0.2, -0.15) is 0 Å². The molecule has 2 heterocycles. The molecule has 2 aromatic rings. The summed E-state index contributed by atoms with van der Waals surface area (Å²) in [6, 6.07) is 3.51. The molecule has 0 aliphatic rings. The van der Waals surface area contributed by atoms with Crippen molar-refractivity contribution >= 4 is 16.9 Å². The molecule has 1 N–H and O–H groups in total. The van der Waals surface area contributed by atoms with E-state index in [1.807, 2.05) is 6.92 Å². The zero-order valence-corrected chi connectivity index (χ0v) is 9.01. The summed E-state index contributed by atoms with van der Waals surface area (Å²) in [7, 11) is 0. The number of carboxylic acid groups (broad SMARTS) is 1. The smallest absolute Gasteiger partial charge is 0.312 e. The fourth-order valence-corrected chi connectivity index (χ4v) is 1.86. The molecule has 2 rings (SSSR count). The zero-order chi connectivity index (χ0) is 11.5. The van der Waals surface area contributed by atoms with Crippen molar-refractivity contribution in [1.29, 1.82) is 0 Å². The van der Waals surface area contributed by atoms with Gasteiger partial charge in [0, 0.05) is 11.6 Å². The Kier molecular flexibility index (Phi) is 2.90. The zero-order valence-electron chi connectivity index (χ0n) is 9.01. The van der Waals surface area contributed by atoms with Crippen LogP contribution in [0.3, 0.4) is 0 Å². The Labute approximate surface area is 92.9 Å². The maximum atomic E-state index is 11.2. The fraction of sp³-hybridized carbons (Fsp3) is 0.333. The summed E-state index contributed by atoms with van der Waals surface area (Å²) in [5.41, 5.74) is 1.29. The first-order valence-corrected chi connectivity index (χ1v) is 5.29. The van der Waals surface area contributed by atoms with Crippen LogP contribution in [0.15, 0.2) is 29.0 Å². The minimum atomic E-state index is -0.831. The minimum absolute atomic E-state index is 0.550. The van der Waals surface area contributed by atoms with Gasteiger partial charge in [0.2, 0.25) is 0 Å². The summed E-state index contributed by atoms with van der Waals surface area (Å²) in [5.74, 6) is -1.38. The number of hydrogen-bond acceptors (Lipinski definition) is 3. The van der Waals surface area contributed by atoms with Crippen molar-refractivity contribution in [3.63, 3.8) is 0 Å². The van der Waals surface area contributed by atoms with Gasteiger partial charge < -0.3 is 9.52 Å². The summed E-state index contributed by atoms with van der Waals surface area (Å²) >= 11 is 0. The average molecular weight is 219 g/mol. The summed E-state index contributed by atoms with van der Waals surface area (Å²) in [5, 5.41) is 9.98. The average Bonchev–Trinajstić information content (AvgIpc) is 2.73. The number of nitrogens with zero attached hydrogens (tertiary/aromatic N) is 1. The van der Waals surface area contributed by atoms with E-state index in [0.29, 0.717) is 17.7 Å². The van der Waals surface area contributed by atoms with Crippen LogP contribution >= 0.6 is 0 Å². The standard InChI is InChI=1S/C12H13NO3/c1-2-3-9(12(14)15)11-8-5-7-16-10(8)4-6-13-11/h4-7,9H,2-3H2,1H3,(H,14,15). The first kappa shape index (κ1) is 10.7. The van der Waals surface area contributed by atoms with E-state index in [4.69, 9.17) is 4.42 Å². The summed E-state index contributed by atoms with van der Waals surface area (Å²) < 4.78 is 5.23. The Morgan fingerprint density at radius 2 is 2.38 bits per heavy atom. The molecule has 4 heteroatoms. The Hall–Kier alpha value is -1.84. The van der Waals surface area contributed by atoms with Gasteiger partial charge in [0.1, 0.15) is 5.58 Å². The van der Waals surface area contributed by atoms with Gasteiger partial charge in [-0.1, -0.05) is 13.3 Å². The van der Waals surface area contributed by atoms with E-state index in [-0.39, 0.29) is 0 Å². The van der Waals surface area contributed by atoms with E-state index in [1.54, 1.807) is 24.6 Å². The van der Waals surface area contributed by atoms with Crippen LogP contribution in [-0.2, 0) is 4.79 Å². The van der Waals surface area contributed by atoms with Crippen molar-refractivity contribution in [3.8, 4) is 0 Å². The van der Waals surface area contributed by atoms with E-state index >= 15 is 0 Å². The number of carboxylic acids is 1. The molecule has 0 aliphatic carbocycles. The highest BCUT2D eigenvalue weighted by molar-refractivity contribution is 5.86. The van der Waals surface area contributed by atoms with Crippen molar-refractivity contribution in [2.45, 2.75) is 25.7 Å². The van der Waals surface area contributed by atoms with Gasteiger partial charge in [-0.15, -0.1) is 0 Å². The number of pyridine rings is 1. The number of aliphatic carboxylic acids is 1. The van der Waals surface area contributed by atoms with Gasteiger partial charge in [0.05, 0.1) is 17.9 Å². The largest absolute Gasteiger partial charge is 0.481 e. The molecule has 84 valence electrons. The number of rotatable bonds is 4. The van der Waals surface area contributed by atoms with E-state index in [0.717, 1.165) is 11.8 Å². The third-order valence-corrected chi connectivity index (χ3v) is 2.62. The van der Waals surface area contributed by atoms with Crippen LogP contribution in [0.5, 0.6) is 0 Å². The van der Waals surface area contributed by atoms with Gasteiger partial charge in [-0.25, -0.2) is 0 Å². The summed E-state index contributed by atoms with van der Waals surface area (Å²) in [6.45, 7) is 1.96. The Balaban J connectivity index is 2.51. The molecule has 1 atom stereocenters. The van der Waals surface area contributed by atoms with Gasteiger partial charge in [0.25, 0.3) is 0 Å². The lowest BCUT2D eigenvalue weighted by Crippen LogP contribution is -2.13. The highest BCUT2D eigenvalue weighted by Gasteiger charge is 2.22. The van der Waals surface area contributed by atoms with Gasteiger partial charge >= 0.3 is 5.97 Å². The second-order valence-electron chi connectivity index (χ2n) is 3.71. The van der Waals surface area contributed by atoms with Crippen LogP contribution in [0, 0.1) is 0 Å². The molecular weight excluding hydrogens is 206 g/mol. The normalized spacial score (nSPS) is 12.8. The molecule has 16 heavy (non-hydrogen) atoms. The Morgan fingerprint density at radius 3 is 3.06 bits per heavy atom. The van der Waals surface area contributed by atoms with Crippen molar-refractivity contribution in [1.82, 2.24) is 4.98 Å². The molecule has 0 radical (unpaired) electrons. The van der Waals surface area contributed by atoms with E-state index in [9.17, 15) is 9.90 Å². The molecule has 0 aliphatic heterocycles. The minimum Gasteiger partial charge on any atom is -0.481 e. The van der Waals surface area contributed by atoms with E-state index < -0.39 is 11.9 Å². The van der Waals surface area contributed by atoms with Gasteiger partial charge in [-0.3, -0.25) is 9.78 Å². The molecular formula is C12H13NO3. The second-order valence-corrected chi connectivity index (χ2v) is 3.71. The maximum absolute atomic E-state index is 11.2. The molecule has 2 aromatic heterocycles. The van der Waals surface area contributed by atoms with Crippen molar-refractivity contribution in [2.24, 2.45) is 0 Å². The first-order valence-electron chi connectivity index (χ1n) is 5.29. The molecule has 1 unspecified atom stereocenters. The van der Waals surface area contributed by atoms with Crippen LogP contribution in [0.1, 0.15) is 31.4 Å². The lowest BCUT2D eigenvalue weighted by molar-refractivity contribution is -0.139. The number of hydrogen-bond donors (Lipinski definition) is 1. The van der Waals surface area contributed by atoms with E-state index in [1.165, 1.54) is 0 Å². The molecule has 0 fully saturated rings. The van der Waals surface area contributed by atoms with Crippen molar-refractivity contribution in [2.75, 3.05) is 0 Å². The topological polar surface area (TPSA) is 63.3 Å². The Morgan fingerprint density at radius 1 is 1.56 bits per heavy atom. The number of carbonyl (C=O) groups is 1. The molecule has 0 bridgehead atoms. The van der Waals surface area contributed by atoms with E-state index in [2.05, 4.69) is 4.98 Å². The highest BCUT2D eigenvalue weighted by atomic mass is 16.4. The lowest BCUT2D eigenvalue weighted by atomic mass is 9.97. The van der Waals surface area contributed by atoms with Crippen LogP contribution in [0.25, 0.3) is 11.0 Å². The summed E-state index contributed by atoms with van der Waals surface area (Å²) in [4.78, 5) is 15.4. The van der Waals surface area contributed by atoms with Crippen molar-refractivity contribution in [3.05, 3.63) is 30.3 Å². The number of fused-ring (bicyclic) bond motifs is 1. The third-order valence-electron chi connectivity index (χ3n) is 2.62. The quantitative estimate of drug-likeness (QED) is 0.858. The molecule has 0 amide bonds. The van der Waals surface area contributed by atoms with Gasteiger partial charge in [0.15, 0.2) is 0 Å². The van der Waals surface area contributed by atoms with Crippen LogP contribution < -0.4 is 0 Å². The second kappa shape index (κ2) is 4.35. The van der Waals surface area contributed by atoms with Crippen LogP contribution in [-0.4, -0.2) is 16.1 Å². The summed E-state index contributed by atoms with van der Waals surface area (Å²) in [6.07, 6.45) is 4.55. The number of furan rings is 1. The maximum Gasteiger partial charge on any atom is 0.312 e. The molecule has 4 nitrogen and oxygen atoms in total. The highest BCUT2D eigenvalue weighted by Crippen LogP contribution is 2.27. The van der Waals surface area contributed by atoms with Crippen LogP contribution in [0.2, 0.25) is 0 Å². The predicted octanol–water partition coefficient (Wildman–Crippen LogP) is 2.80. The predicted molar refractivity (Wildman–Crippen MR) is 59.3 cm³/mol. The lowest BCUT2D eigenvalue weighted by Gasteiger charge is -2.10. The van der Waals surface area contributed by atoms with Crippen molar-refractivity contribution < 1.29 is 14.3 Å². The third kappa shape index (κ3) is 1.78. The monoisotopic (exact) mass is 219 g/mol.